The summed E-state index contributed by atoms with van der Waals surface area (Å²) < 4.78 is 14.0. The minimum atomic E-state index is 0.306. The molecule has 0 radical (unpaired) electrons. The molecule has 2 fully saturated rings. The predicted molar refractivity (Wildman–Crippen MR) is 123 cm³/mol. The van der Waals surface area contributed by atoms with Crippen molar-refractivity contribution in [2.75, 3.05) is 27.2 Å². The third kappa shape index (κ3) is 5.14. The van der Waals surface area contributed by atoms with E-state index in [0.29, 0.717) is 24.6 Å². The Kier molecular flexibility index (Phi) is 6.99. The number of nitrogens with one attached hydrogen (secondary N) is 1. The number of aliphatic imine (C=N–C) groups is 1. The molecule has 0 bridgehead atoms. The molecule has 7 nitrogen and oxygen atoms in total. The second kappa shape index (κ2) is 10.1. The van der Waals surface area contributed by atoms with Crippen molar-refractivity contribution >= 4 is 5.96 Å². The monoisotopic (exact) mass is 425 g/mol. The van der Waals surface area contributed by atoms with Crippen LogP contribution in [-0.4, -0.2) is 53.8 Å². The largest absolute Gasteiger partial charge is 0.493 e. The van der Waals surface area contributed by atoms with Crippen LogP contribution in [0.1, 0.15) is 50.6 Å². The number of ether oxygens (including phenoxy) is 2. The van der Waals surface area contributed by atoms with Gasteiger partial charge in [-0.15, -0.1) is 0 Å². The third-order valence-electron chi connectivity index (χ3n) is 6.61. The van der Waals surface area contributed by atoms with Crippen LogP contribution in [-0.2, 0) is 6.54 Å². The fourth-order valence-electron chi connectivity index (χ4n) is 4.72. The minimum Gasteiger partial charge on any atom is -0.493 e. The molecular formula is C24H35N5O2. The number of piperidine rings is 1. The number of benzene rings is 1. The van der Waals surface area contributed by atoms with Gasteiger partial charge in [0.05, 0.1) is 25.6 Å². The average Bonchev–Trinajstić information content (AvgIpc) is 3.50. The molecule has 2 aliphatic rings. The first kappa shape index (κ1) is 21.5. The molecular weight excluding hydrogens is 390 g/mol. The highest BCUT2D eigenvalue weighted by Crippen LogP contribution is 2.32. The molecule has 1 aromatic carbocycles. The Labute approximate surface area is 185 Å². The molecule has 4 rings (SSSR count). The van der Waals surface area contributed by atoms with Crippen LogP contribution in [0.5, 0.6) is 11.5 Å². The summed E-state index contributed by atoms with van der Waals surface area (Å²) in [5, 5.41) is 3.55. The first-order valence-electron chi connectivity index (χ1n) is 11.4. The van der Waals surface area contributed by atoms with Gasteiger partial charge in [0, 0.05) is 39.1 Å². The van der Waals surface area contributed by atoms with E-state index in [1.165, 1.54) is 12.8 Å². The summed E-state index contributed by atoms with van der Waals surface area (Å²) in [6.45, 7) is 4.95. The van der Waals surface area contributed by atoms with Gasteiger partial charge < -0.3 is 24.3 Å². The van der Waals surface area contributed by atoms with E-state index in [2.05, 4.69) is 50.0 Å². The number of imidazole rings is 1. The van der Waals surface area contributed by atoms with Crippen LogP contribution in [0, 0.1) is 5.92 Å². The van der Waals surface area contributed by atoms with E-state index >= 15 is 0 Å². The van der Waals surface area contributed by atoms with Gasteiger partial charge in [0.2, 0.25) is 0 Å². The molecule has 1 saturated heterocycles. The van der Waals surface area contributed by atoms with Crippen LogP contribution < -0.4 is 14.8 Å². The number of likely N-dealkylation sites (tertiary alicyclic amines) is 1. The van der Waals surface area contributed by atoms with Crippen LogP contribution in [0.15, 0.2) is 41.9 Å². The molecule has 1 saturated carbocycles. The lowest BCUT2D eigenvalue weighted by molar-refractivity contribution is 0.189. The summed E-state index contributed by atoms with van der Waals surface area (Å²) in [7, 11) is 3.56. The molecule has 2 atom stereocenters. The molecule has 168 valence electrons. The smallest absolute Gasteiger partial charge is 0.193 e. The van der Waals surface area contributed by atoms with E-state index < -0.39 is 0 Å². The number of guanidine groups is 1. The molecule has 1 aliphatic carbocycles. The summed E-state index contributed by atoms with van der Waals surface area (Å²) in [5.41, 5.74) is 1.16. The maximum atomic E-state index is 6.25. The van der Waals surface area contributed by atoms with E-state index in [9.17, 15) is 0 Å². The van der Waals surface area contributed by atoms with Crippen molar-refractivity contribution in [1.29, 1.82) is 0 Å². The molecule has 7 heteroatoms. The van der Waals surface area contributed by atoms with Crippen molar-refractivity contribution in [3.05, 3.63) is 42.5 Å². The highest BCUT2D eigenvalue weighted by molar-refractivity contribution is 5.80. The van der Waals surface area contributed by atoms with Crippen molar-refractivity contribution < 1.29 is 9.47 Å². The van der Waals surface area contributed by atoms with Crippen molar-refractivity contribution in [3.63, 3.8) is 0 Å². The minimum absolute atomic E-state index is 0.306. The van der Waals surface area contributed by atoms with Gasteiger partial charge in [-0.05, 0) is 55.7 Å². The lowest BCUT2D eigenvalue weighted by atomic mass is 9.93. The van der Waals surface area contributed by atoms with Crippen molar-refractivity contribution in [2.24, 2.45) is 10.9 Å². The predicted octanol–water partition coefficient (Wildman–Crippen LogP) is 3.87. The molecule has 2 unspecified atom stereocenters. The summed E-state index contributed by atoms with van der Waals surface area (Å²) in [5.74, 6) is 3.19. The van der Waals surface area contributed by atoms with Gasteiger partial charge in [-0.25, -0.2) is 4.98 Å². The Morgan fingerprint density at radius 1 is 1.23 bits per heavy atom. The first-order chi connectivity index (χ1) is 15.2. The number of methoxy groups -OCH3 is 1. The van der Waals surface area contributed by atoms with E-state index in [1.54, 1.807) is 7.11 Å². The highest BCUT2D eigenvalue weighted by atomic mass is 16.5. The summed E-state index contributed by atoms with van der Waals surface area (Å²) in [6.07, 6.45) is 12.0. The fraction of sp³-hybridized carbons (Fsp3) is 0.583. The summed E-state index contributed by atoms with van der Waals surface area (Å²) >= 11 is 0. The maximum Gasteiger partial charge on any atom is 0.193 e. The Morgan fingerprint density at radius 2 is 2.06 bits per heavy atom. The highest BCUT2D eigenvalue weighted by Gasteiger charge is 2.29. The van der Waals surface area contributed by atoms with Crippen LogP contribution in [0.3, 0.4) is 0 Å². The summed E-state index contributed by atoms with van der Waals surface area (Å²) in [6, 6.07) is 6.60. The lowest BCUT2D eigenvalue weighted by Crippen LogP contribution is -2.48. The molecule has 1 aliphatic heterocycles. The lowest BCUT2D eigenvalue weighted by Gasteiger charge is -2.39. The zero-order valence-corrected chi connectivity index (χ0v) is 19.0. The SMILES string of the molecule is CN=C(NCc1ccc(OC)c(OC2CCCC2)c1)N1CCC(C)C(n2ccnc2)C1. The Balaban J connectivity index is 1.40. The second-order valence-corrected chi connectivity index (χ2v) is 8.70. The number of rotatable bonds is 6. The van der Waals surface area contributed by atoms with E-state index in [-0.39, 0.29) is 0 Å². The van der Waals surface area contributed by atoms with Gasteiger partial charge in [-0.3, -0.25) is 4.99 Å². The Bertz CT molecular complexity index is 861. The zero-order valence-electron chi connectivity index (χ0n) is 19.0. The van der Waals surface area contributed by atoms with Gasteiger partial charge >= 0.3 is 0 Å². The van der Waals surface area contributed by atoms with Crippen LogP contribution in [0.2, 0.25) is 0 Å². The zero-order chi connectivity index (χ0) is 21.6. The van der Waals surface area contributed by atoms with Crippen LogP contribution in [0.4, 0.5) is 0 Å². The molecule has 31 heavy (non-hydrogen) atoms. The fourth-order valence-corrected chi connectivity index (χ4v) is 4.72. The average molecular weight is 426 g/mol. The van der Waals surface area contributed by atoms with Crippen molar-refractivity contribution in [2.45, 2.75) is 57.7 Å². The standard InChI is InChI=1S/C24H35N5O2/c1-18-10-12-28(16-21(18)29-13-11-26-17-29)24(25-2)27-15-19-8-9-22(30-3)23(14-19)31-20-6-4-5-7-20/h8-9,11,13-14,17-18,20-21H,4-7,10,12,15-16H2,1-3H3,(H,25,27). The van der Waals surface area contributed by atoms with E-state index in [4.69, 9.17) is 9.47 Å². The molecule has 0 spiro atoms. The normalized spacial score (nSPS) is 22.5. The van der Waals surface area contributed by atoms with Gasteiger partial charge in [-0.2, -0.15) is 0 Å². The number of hydrogen-bond acceptors (Lipinski definition) is 4. The quantitative estimate of drug-likeness (QED) is 0.562. The van der Waals surface area contributed by atoms with Gasteiger partial charge in [0.25, 0.3) is 0 Å². The number of aromatic nitrogens is 2. The Hall–Kier alpha value is -2.70. The molecule has 0 amide bonds. The topological polar surface area (TPSA) is 63.9 Å². The van der Waals surface area contributed by atoms with E-state index in [1.807, 2.05) is 25.6 Å². The third-order valence-corrected chi connectivity index (χ3v) is 6.61. The van der Waals surface area contributed by atoms with Gasteiger partial charge in [-0.1, -0.05) is 13.0 Å². The maximum absolute atomic E-state index is 6.25. The van der Waals surface area contributed by atoms with Crippen LogP contribution in [0.25, 0.3) is 0 Å². The summed E-state index contributed by atoms with van der Waals surface area (Å²) in [4.78, 5) is 11.1. The van der Waals surface area contributed by atoms with Gasteiger partial charge in [0.15, 0.2) is 17.5 Å². The van der Waals surface area contributed by atoms with Crippen LogP contribution >= 0.6 is 0 Å². The van der Waals surface area contributed by atoms with Crippen molar-refractivity contribution in [3.8, 4) is 11.5 Å². The van der Waals surface area contributed by atoms with Crippen molar-refractivity contribution in [1.82, 2.24) is 19.8 Å². The second-order valence-electron chi connectivity index (χ2n) is 8.70. The van der Waals surface area contributed by atoms with Gasteiger partial charge in [0.1, 0.15) is 0 Å². The number of hydrogen-bond donors (Lipinski definition) is 1. The molecule has 1 N–H and O–H groups in total. The molecule has 2 aromatic rings. The Morgan fingerprint density at radius 3 is 2.77 bits per heavy atom. The first-order valence-corrected chi connectivity index (χ1v) is 11.4. The van der Waals surface area contributed by atoms with E-state index in [0.717, 1.165) is 55.4 Å². The molecule has 1 aromatic heterocycles. The molecule has 2 heterocycles. The number of nitrogens with zero attached hydrogens (tertiary/aromatic N) is 4.